The average molecular weight is 281 g/mol. The molecule has 1 atom stereocenters. The van der Waals surface area contributed by atoms with Gasteiger partial charge >= 0.3 is 0 Å². The lowest BCUT2D eigenvalue weighted by molar-refractivity contribution is 0.0107. The minimum Gasteiger partial charge on any atom is -0.374 e. The maximum Gasteiger partial charge on any atom is 0.227 e. The Hall–Kier alpha value is -1.14. The van der Waals surface area contributed by atoms with Crippen molar-refractivity contribution in [3.05, 3.63) is 5.82 Å². The maximum atomic E-state index is 5.83. The number of ether oxygens (including phenoxy) is 1. The number of morpholine rings is 1. The molecule has 0 saturated carbocycles. The zero-order valence-electron chi connectivity index (χ0n) is 13.3. The third-order valence-electron chi connectivity index (χ3n) is 3.70. The van der Waals surface area contributed by atoms with Crippen LogP contribution in [-0.2, 0) is 17.8 Å². The maximum absolute atomic E-state index is 5.83. The molecule has 2 rings (SSSR count). The smallest absolute Gasteiger partial charge is 0.227 e. The summed E-state index contributed by atoms with van der Waals surface area (Å²) in [4.78, 5) is 4.43. The zero-order chi connectivity index (χ0) is 14.7. The van der Waals surface area contributed by atoms with E-state index in [9.17, 15) is 0 Å². The summed E-state index contributed by atoms with van der Waals surface area (Å²) in [5.74, 6) is 2.54. The molecule has 20 heavy (non-hydrogen) atoms. The standard InChI is InChI=1S/C14H27N5O/c1-6-19-13(10-17(4)5)15-16-14(19)18-7-8-20-12(9-18)11(2)3/h11-12H,6-10H2,1-5H3. The molecule has 2 heterocycles. The highest BCUT2D eigenvalue weighted by atomic mass is 16.5. The molecule has 114 valence electrons. The number of anilines is 1. The van der Waals surface area contributed by atoms with Crippen molar-refractivity contribution >= 4 is 5.95 Å². The monoisotopic (exact) mass is 281 g/mol. The van der Waals surface area contributed by atoms with Gasteiger partial charge in [-0.15, -0.1) is 10.2 Å². The van der Waals surface area contributed by atoms with Crippen LogP contribution in [-0.4, -0.2) is 59.6 Å². The Morgan fingerprint density at radius 3 is 2.70 bits per heavy atom. The van der Waals surface area contributed by atoms with E-state index in [1.54, 1.807) is 0 Å². The average Bonchev–Trinajstić information content (AvgIpc) is 2.80. The molecule has 0 radical (unpaired) electrons. The molecule has 1 fully saturated rings. The van der Waals surface area contributed by atoms with Gasteiger partial charge in [-0.25, -0.2) is 0 Å². The van der Waals surface area contributed by atoms with Gasteiger partial charge in [0.2, 0.25) is 5.95 Å². The number of hydrogen-bond acceptors (Lipinski definition) is 5. The molecule has 1 unspecified atom stereocenters. The van der Waals surface area contributed by atoms with Gasteiger partial charge in [0, 0.05) is 19.6 Å². The van der Waals surface area contributed by atoms with Gasteiger partial charge in [0.05, 0.1) is 19.3 Å². The van der Waals surface area contributed by atoms with Crippen molar-refractivity contribution in [2.45, 2.75) is 40.0 Å². The Kier molecular flexibility index (Phi) is 4.99. The lowest BCUT2D eigenvalue weighted by atomic mass is 10.1. The van der Waals surface area contributed by atoms with Crippen molar-refractivity contribution in [2.75, 3.05) is 38.7 Å². The fraction of sp³-hybridized carbons (Fsp3) is 0.857. The highest BCUT2D eigenvalue weighted by Gasteiger charge is 2.26. The van der Waals surface area contributed by atoms with Gasteiger partial charge in [0.15, 0.2) is 0 Å². The molecule has 0 amide bonds. The quantitative estimate of drug-likeness (QED) is 0.812. The molecule has 0 aromatic carbocycles. The van der Waals surface area contributed by atoms with E-state index in [1.165, 1.54) is 0 Å². The first-order valence-corrected chi connectivity index (χ1v) is 7.46. The van der Waals surface area contributed by atoms with Crippen LogP contribution in [0.5, 0.6) is 0 Å². The molecular weight excluding hydrogens is 254 g/mol. The van der Waals surface area contributed by atoms with E-state index < -0.39 is 0 Å². The molecule has 0 bridgehead atoms. The summed E-state index contributed by atoms with van der Waals surface area (Å²) in [6.07, 6.45) is 0.281. The zero-order valence-corrected chi connectivity index (χ0v) is 13.3. The summed E-state index contributed by atoms with van der Waals surface area (Å²) in [6, 6.07) is 0. The van der Waals surface area contributed by atoms with Crippen LogP contribution in [0, 0.1) is 5.92 Å². The third kappa shape index (κ3) is 3.30. The Balaban J connectivity index is 2.17. The van der Waals surface area contributed by atoms with Crippen LogP contribution in [0.3, 0.4) is 0 Å². The largest absolute Gasteiger partial charge is 0.374 e. The number of rotatable bonds is 5. The predicted molar refractivity (Wildman–Crippen MR) is 79.9 cm³/mol. The van der Waals surface area contributed by atoms with E-state index in [0.29, 0.717) is 5.92 Å². The molecule has 1 saturated heterocycles. The molecule has 0 aliphatic carbocycles. The second-order valence-corrected chi connectivity index (χ2v) is 6.00. The molecule has 0 N–H and O–H groups in total. The lowest BCUT2D eigenvalue weighted by Gasteiger charge is -2.35. The van der Waals surface area contributed by atoms with Crippen LogP contribution in [0.25, 0.3) is 0 Å². The van der Waals surface area contributed by atoms with Crippen LogP contribution in [0.15, 0.2) is 0 Å². The second-order valence-electron chi connectivity index (χ2n) is 6.00. The van der Waals surface area contributed by atoms with E-state index in [4.69, 9.17) is 4.74 Å². The topological polar surface area (TPSA) is 46.4 Å². The minimum absolute atomic E-state index is 0.281. The first kappa shape index (κ1) is 15.3. The van der Waals surface area contributed by atoms with Crippen molar-refractivity contribution in [3.8, 4) is 0 Å². The molecule has 1 aliphatic rings. The predicted octanol–water partition coefficient (Wildman–Crippen LogP) is 1.22. The second kappa shape index (κ2) is 6.54. The summed E-state index contributed by atoms with van der Waals surface area (Å²) in [7, 11) is 4.11. The van der Waals surface area contributed by atoms with Crippen LogP contribution in [0.2, 0.25) is 0 Å². The Bertz CT molecular complexity index is 429. The summed E-state index contributed by atoms with van der Waals surface area (Å²) in [6.45, 7) is 10.8. The minimum atomic E-state index is 0.281. The first-order valence-electron chi connectivity index (χ1n) is 7.46. The molecule has 6 nitrogen and oxygen atoms in total. The normalized spacial score (nSPS) is 20.1. The molecule has 1 aromatic heterocycles. The van der Waals surface area contributed by atoms with Crippen LogP contribution >= 0.6 is 0 Å². The van der Waals surface area contributed by atoms with Gasteiger partial charge in [-0.05, 0) is 26.9 Å². The third-order valence-corrected chi connectivity index (χ3v) is 3.70. The highest BCUT2D eigenvalue weighted by molar-refractivity contribution is 5.32. The summed E-state index contributed by atoms with van der Waals surface area (Å²) >= 11 is 0. The molecular formula is C14H27N5O. The van der Waals surface area contributed by atoms with E-state index in [2.05, 4.69) is 59.4 Å². The van der Waals surface area contributed by atoms with Gasteiger partial charge < -0.3 is 14.5 Å². The van der Waals surface area contributed by atoms with Crippen LogP contribution in [0.1, 0.15) is 26.6 Å². The molecule has 1 aliphatic heterocycles. The fourth-order valence-corrected chi connectivity index (χ4v) is 2.54. The van der Waals surface area contributed by atoms with Crippen molar-refractivity contribution < 1.29 is 4.74 Å². The van der Waals surface area contributed by atoms with E-state index in [1.807, 2.05) is 0 Å². The number of nitrogens with zero attached hydrogens (tertiary/aromatic N) is 5. The van der Waals surface area contributed by atoms with Crippen molar-refractivity contribution in [2.24, 2.45) is 5.92 Å². The van der Waals surface area contributed by atoms with Gasteiger partial charge in [0.1, 0.15) is 5.82 Å². The number of hydrogen-bond donors (Lipinski definition) is 0. The fourth-order valence-electron chi connectivity index (χ4n) is 2.54. The van der Waals surface area contributed by atoms with E-state index >= 15 is 0 Å². The van der Waals surface area contributed by atoms with E-state index in [-0.39, 0.29) is 6.10 Å². The lowest BCUT2D eigenvalue weighted by Crippen LogP contribution is -2.45. The molecule has 6 heteroatoms. The summed E-state index contributed by atoms with van der Waals surface area (Å²) < 4.78 is 8.04. The summed E-state index contributed by atoms with van der Waals surface area (Å²) in [5, 5.41) is 8.78. The van der Waals surface area contributed by atoms with Crippen LogP contribution < -0.4 is 4.90 Å². The van der Waals surface area contributed by atoms with E-state index in [0.717, 1.165) is 44.6 Å². The van der Waals surface area contributed by atoms with Gasteiger partial charge in [-0.2, -0.15) is 0 Å². The van der Waals surface area contributed by atoms with Gasteiger partial charge in [-0.3, -0.25) is 4.57 Å². The Morgan fingerprint density at radius 2 is 2.10 bits per heavy atom. The number of aromatic nitrogens is 3. The molecule has 0 spiro atoms. The van der Waals surface area contributed by atoms with Gasteiger partial charge in [0.25, 0.3) is 0 Å². The Labute approximate surface area is 121 Å². The highest BCUT2D eigenvalue weighted by Crippen LogP contribution is 2.20. The van der Waals surface area contributed by atoms with Crippen molar-refractivity contribution in [1.29, 1.82) is 0 Å². The first-order chi connectivity index (χ1) is 9.52. The molecule has 1 aromatic rings. The SMILES string of the molecule is CCn1c(CN(C)C)nnc1N1CCOC(C(C)C)C1. The summed E-state index contributed by atoms with van der Waals surface area (Å²) in [5.41, 5.74) is 0. The van der Waals surface area contributed by atoms with Gasteiger partial charge in [-0.1, -0.05) is 13.8 Å². The van der Waals surface area contributed by atoms with Crippen molar-refractivity contribution in [3.63, 3.8) is 0 Å². The van der Waals surface area contributed by atoms with Crippen molar-refractivity contribution in [1.82, 2.24) is 19.7 Å². The Morgan fingerprint density at radius 1 is 1.35 bits per heavy atom. The van der Waals surface area contributed by atoms with Crippen LogP contribution in [0.4, 0.5) is 5.95 Å².